The van der Waals surface area contributed by atoms with Crippen LogP contribution in [0.1, 0.15) is 44.9 Å². The zero-order chi connectivity index (χ0) is 39.1. The zero-order valence-corrected chi connectivity index (χ0v) is 33.3. The van der Waals surface area contributed by atoms with Gasteiger partial charge in [0.25, 0.3) is 0 Å². The van der Waals surface area contributed by atoms with Crippen molar-refractivity contribution in [1.29, 1.82) is 0 Å². The summed E-state index contributed by atoms with van der Waals surface area (Å²) < 4.78 is 65.4. The molecule has 0 radical (unpaired) electrons. The van der Waals surface area contributed by atoms with Crippen LogP contribution in [0.3, 0.4) is 0 Å². The molecule has 1 unspecified atom stereocenters. The van der Waals surface area contributed by atoms with Crippen molar-refractivity contribution >= 4 is 17.9 Å². The topological polar surface area (TPSA) is 162 Å². The second kappa shape index (κ2) is 30.2. The number of hydrogen-bond donors (Lipinski definition) is 0. The van der Waals surface area contributed by atoms with E-state index in [1.165, 1.54) is 0 Å². The van der Waals surface area contributed by atoms with Crippen molar-refractivity contribution in [3.8, 4) is 0 Å². The first-order valence-electron chi connectivity index (χ1n) is 17.6. The van der Waals surface area contributed by atoms with Crippen molar-refractivity contribution in [1.82, 2.24) is 0 Å². The van der Waals surface area contributed by atoms with Gasteiger partial charge in [-0.1, -0.05) is 12.2 Å². The second-order valence-electron chi connectivity index (χ2n) is 13.4. The number of rotatable bonds is 35. The lowest BCUT2D eigenvalue weighted by atomic mass is 9.83. The van der Waals surface area contributed by atoms with E-state index >= 15 is 0 Å². The normalized spacial score (nSPS) is 13.0. The molecule has 0 spiro atoms. The van der Waals surface area contributed by atoms with Crippen LogP contribution in [0.4, 0.5) is 0 Å². The molecule has 15 nitrogen and oxygen atoms in total. The molecule has 0 aromatic carbocycles. The standard InChI is InChI=1S/C37H68O15/c1-41-18-14-35(23-45-5,15-19-42-2)28-51-33(39)22-31(34(40)52-29-36(24-46-6,16-20-43-3)17-21-44-4)12-10-11-13-32(38)50-30-37(25-47-7,26-48-8)27-49-9/h10-11,31H,12-30H2,1-9H3/b11-10+. The van der Waals surface area contributed by atoms with Gasteiger partial charge in [-0.3, -0.25) is 14.4 Å². The summed E-state index contributed by atoms with van der Waals surface area (Å²) in [4.78, 5) is 39.6. The van der Waals surface area contributed by atoms with E-state index in [9.17, 15) is 14.4 Å². The lowest BCUT2D eigenvalue weighted by Crippen LogP contribution is -2.41. The van der Waals surface area contributed by atoms with Gasteiger partial charge >= 0.3 is 17.9 Å². The fourth-order valence-corrected chi connectivity index (χ4v) is 5.80. The minimum atomic E-state index is -0.891. The summed E-state index contributed by atoms with van der Waals surface area (Å²) in [5.41, 5.74) is -1.76. The summed E-state index contributed by atoms with van der Waals surface area (Å²) in [6.45, 7) is 3.30. The van der Waals surface area contributed by atoms with E-state index < -0.39 is 40.1 Å². The smallest absolute Gasteiger partial charge is 0.309 e. The van der Waals surface area contributed by atoms with Crippen molar-refractivity contribution in [2.45, 2.75) is 44.9 Å². The van der Waals surface area contributed by atoms with Crippen LogP contribution < -0.4 is 0 Å². The Labute approximate surface area is 311 Å². The van der Waals surface area contributed by atoms with Crippen LogP contribution in [0.2, 0.25) is 0 Å². The maximum atomic E-state index is 13.6. The van der Waals surface area contributed by atoms with Gasteiger partial charge < -0.3 is 56.8 Å². The molecule has 0 amide bonds. The first-order chi connectivity index (χ1) is 25.0. The lowest BCUT2D eigenvalue weighted by molar-refractivity contribution is -0.161. The van der Waals surface area contributed by atoms with E-state index in [2.05, 4.69) is 0 Å². The number of carbonyl (C=O) groups excluding carboxylic acids is 3. The van der Waals surface area contributed by atoms with Crippen molar-refractivity contribution < 1.29 is 71.2 Å². The molecule has 0 aliphatic heterocycles. The number of carbonyl (C=O) groups is 3. The molecule has 0 bridgehead atoms. The average molecular weight is 753 g/mol. The zero-order valence-electron chi connectivity index (χ0n) is 33.3. The number of ether oxygens (including phenoxy) is 12. The van der Waals surface area contributed by atoms with Gasteiger partial charge in [0, 0.05) is 101 Å². The minimum Gasteiger partial charge on any atom is -0.465 e. The molecule has 306 valence electrons. The number of hydrogen-bond acceptors (Lipinski definition) is 15. The van der Waals surface area contributed by atoms with E-state index in [0.29, 0.717) is 65.3 Å². The molecule has 1 atom stereocenters. The first kappa shape index (κ1) is 49.8. The summed E-state index contributed by atoms with van der Waals surface area (Å²) in [5, 5.41) is 0. The molecular weight excluding hydrogens is 684 g/mol. The van der Waals surface area contributed by atoms with Gasteiger partial charge in [-0.05, 0) is 32.1 Å². The van der Waals surface area contributed by atoms with Gasteiger partial charge in [0.15, 0.2) is 0 Å². The van der Waals surface area contributed by atoms with Crippen molar-refractivity contribution in [3.05, 3.63) is 12.2 Å². The molecule has 0 heterocycles. The highest BCUT2D eigenvalue weighted by Gasteiger charge is 2.36. The van der Waals surface area contributed by atoms with Crippen LogP contribution in [-0.2, 0) is 71.2 Å². The Morgan fingerprint density at radius 3 is 1.21 bits per heavy atom. The molecule has 0 rings (SSSR count). The van der Waals surface area contributed by atoms with Gasteiger partial charge in [0.2, 0.25) is 0 Å². The minimum absolute atomic E-state index is 0.0324. The second-order valence-corrected chi connectivity index (χ2v) is 13.4. The third kappa shape index (κ3) is 20.9. The predicted molar refractivity (Wildman–Crippen MR) is 192 cm³/mol. The van der Waals surface area contributed by atoms with Gasteiger partial charge in [0.1, 0.15) is 6.61 Å². The van der Waals surface area contributed by atoms with E-state index in [0.717, 1.165) is 0 Å². The largest absolute Gasteiger partial charge is 0.465 e. The van der Waals surface area contributed by atoms with Gasteiger partial charge in [-0.15, -0.1) is 0 Å². The van der Waals surface area contributed by atoms with Crippen LogP contribution in [0.15, 0.2) is 12.2 Å². The molecule has 15 heteroatoms. The number of allylic oxidation sites excluding steroid dienone is 1. The molecule has 52 heavy (non-hydrogen) atoms. The van der Waals surface area contributed by atoms with E-state index in [-0.39, 0.29) is 58.9 Å². The molecular formula is C37H68O15. The molecule has 0 aliphatic rings. The van der Waals surface area contributed by atoms with Crippen LogP contribution in [0.25, 0.3) is 0 Å². The van der Waals surface area contributed by atoms with Crippen molar-refractivity contribution in [3.63, 3.8) is 0 Å². The monoisotopic (exact) mass is 752 g/mol. The van der Waals surface area contributed by atoms with Crippen LogP contribution >= 0.6 is 0 Å². The molecule has 0 aliphatic carbocycles. The first-order valence-corrected chi connectivity index (χ1v) is 17.6. The Kier molecular flexibility index (Phi) is 28.9. The summed E-state index contributed by atoms with van der Waals surface area (Å²) in [6.07, 6.45) is 5.36. The summed E-state index contributed by atoms with van der Waals surface area (Å²) >= 11 is 0. The summed E-state index contributed by atoms with van der Waals surface area (Å²) in [5.74, 6) is -2.52. The highest BCUT2D eigenvalue weighted by atomic mass is 16.6. The maximum Gasteiger partial charge on any atom is 0.309 e. The van der Waals surface area contributed by atoms with Crippen LogP contribution in [-0.4, -0.2) is 161 Å². The summed E-state index contributed by atoms with van der Waals surface area (Å²) in [7, 11) is 14.2. The van der Waals surface area contributed by atoms with E-state index in [1.54, 1.807) is 76.1 Å². The van der Waals surface area contributed by atoms with E-state index in [4.69, 9.17) is 56.8 Å². The van der Waals surface area contributed by atoms with Crippen LogP contribution in [0.5, 0.6) is 0 Å². The van der Waals surface area contributed by atoms with Gasteiger partial charge in [0.05, 0.1) is 70.4 Å². The third-order valence-corrected chi connectivity index (χ3v) is 8.82. The number of methoxy groups -OCH3 is 9. The Bertz CT molecular complexity index is 924. The molecule has 0 aromatic heterocycles. The molecule has 0 N–H and O–H groups in total. The SMILES string of the molecule is COCCC(CCOC)(COC)COC(=O)CC(C/C=C/CC(=O)OCC(COC)(COC)COC)C(=O)OCC(CCOC)(CCOC)COC. The quantitative estimate of drug-likeness (QED) is 0.0526. The predicted octanol–water partition coefficient (Wildman–Crippen LogP) is 3.30. The van der Waals surface area contributed by atoms with Crippen molar-refractivity contribution in [2.24, 2.45) is 22.2 Å². The van der Waals surface area contributed by atoms with Crippen LogP contribution in [0, 0.1) is 22.2 Å². The summed E-state index contributed by atoms with van der Waals surface area (Å²) in [6, 6.07) is 0. The molecule has 0 fully saturated rings. The molecule has 0 saturated carbocycles. The molecule has 0 aromatic rings. The maximum absolute atomic E-state index is 13.6. The Morgan fingerprint density at radius 2 is 0.808 bits per heavy atom. The average Bonchev–Trinajstić information content (AvgIpc) is 3.13. The Balaban J connectivity index is 5.95. The van der Waals surface area contributed by atoms with Crippen molar-refractivity contribution in [2.75, 3.05) is 143 Å². The Morgan fingerprint density at radius 1 is 0.442 bits per heavy atom. The van der Waals surface area contributed by atoms with Gasteiger partial charge in [-0.2, -0.15) is 0 Å². The Hall–Kier alpha value is -2.21. The number of esters is 3. The fraction of sp³-hybridized carbons (Fsp3) is 0.865. The highest BCUT2D eigenvalue weighted by molar-refractivity contribution is 5.80. The van der Waals surface area contributed by atoms with Gasteiger partial charge in [-0.25, -0.2) is 0 Å². The lowest BCUT2D eigenvalue weighted by Gasteiger charge is -2.33. The molecule has 0 saturated heterocycles. The van der Waals surface area contributed by atoms with E-state index in [1.807, 2.05) is 0 Å². The highest BCUT2D eigenvalue weighted by Crippen LogP contribution is 2.31. The fourth-order valence-electron chi connectivity index (χ4n) is 5.80. The third-order valence-electron chi connectivity index (χ3n) is 8.82.